The standard InChI is InChI=1S/C36H56N8O4/c45-33-29-11-5-13-31(27-29)35(47)43-25-9-21-39-17-3-4-18-40-22-10-26-44-36(48)32-14-6-12-30(28-32)34(46)42-24-8-20-38-16-2-1-15-37-19-7-23-41-33/h5-6,11-14,27-28,37-40H,1-4,7-10,15-26H2,(H,41,45)(H,42,46)(H,43,47)(H,44,48). The highest BCUT2D eigenvalue weighted by Gasteiger charge is 2.11. The summed E-state index contributed by atoms with van der Waals surface area (Å²) in [6.07, 6.45) is 7.45. The minimum atomic E-state index is -0.174. The summed E-state index contributed by atoms with van der Waals surface area (Å²) >= 11 is 0. The minimum Gasteiger partial charge on any atom is -0.352 e. The Morgan fingerprint density at radius 1 is 0.312 bits per heavy atom. The number of carbonyl (C=O) groups excluding carboxylic acids is 4. The lowest BCUT2D eigenvalue weighted by molar-refractivity contribution is 0.0937. The first-order valence-corrected chi connectivity index (χ1v) is 17.7. The average Bonchev–Trinajstić information content (AvgIpc) is 3.11. The highest BCUT2D eigenvalue weighted by atomic mass is 16.2. The van der Waals surface area contributed by atoms with Crippen molar-refractivity contribution in [2.45, 2.75) is 51.4 Å². The third-order valence-corrected chi connectivity index (χ3v) is 7.95. The second-order valence-corrected chi connectivity index (χ2v) is 12.0. The molecule has 1 heterocycles. The summed E-state index contributed by atoms with van der Waals surface area (Å²) in [5.74, 6) is -0.698. The van der Waals surface area contributed by atoms with E-state index in [1.807, 2.05) is 0 Å². The van der Waals surface area contributed by atoms with Gasteiger partial charge in [-0.3, -0.25) is 19.2 Å². The molecule has 0 fully saturated rings. The van der Waals surface area contributed by atoms with Gasteiger partial charge in [-0.2, -0.15) is 0 Å². The van der Waals surface area contributed by atoms with Crippen molar-refractivity contribution in [2.75, 3.05) is 78.5 Å². The maximum absolute atomic E-state index is 12.6. The largest absolute Gasteiger partial charge is 0.352 e. The number of amides is 4. The third kappa shape index (κ3) is 16.3. The van der Waals surface area contributed by atoms with Gasteiger partial charge in [0.15, 0.2) is 0 Å². The van der Waals surface area contributed by atoms with Crippen LogP contribution in [0.5, 0.6) is 0 Å². The molecule has 0 aliphatic carbocycles. The fourth-order valence-electron chi connectivity index (χ4n) is 5.17. The molecule has 0 radical (unpaired) electrons. The maximum Gasteiger partial charge on any atom is 0.251 e. The number of fused-ring (bicyclic) bond motifs is 4. The van der Waals surface area contributed by atoms with Gasteiger partial charge in [-0.25, -0.2) is 0 Å². The number of hydrogen-bond acceptors (Lipinski definition) is 8. The third-order valence-electron chi connectivity index (χ3n) is 7.95. The van der Waals surface area contributed by atoms with Crippen LogP contribution < -0.4 is 42.5 Å². The summed E-state index contributed by atoms with van der Waals surface area (Å²) in [4.78, 5) is 50.4. The second kappa shape index (κ2) is 24.3. The molecule has 4 bridgehead atoms. The molecule has 1 aliphatic heterocycles. The van der Waals surface area contributed by atoms with Crippen LogP contribution in [0.25, 0.3) is 0 Å². The first-order valence-electron chi connectivity index (χ1n) is 17.7. The van der Waals surface area contributed by atoms with Crippen LogP contribution in [-0.4, -0.2) is 102 Å². The lowest BCUT2D eigenvalue weighted by Gasteiger charge is -2.10. The minimum absolute atomic E-state index is 0.174. The summed E-state index contributed by atoms with van der Waals surface area (Å²) in [5.41, 5.74) is 1.93. The number of rotatable bonds is 0. The van der Waals surface area contributed by atoms with Gasteiger partial charge in [0.2, 0.25) is 0 Å². The average molecular weight is 665 g/mol. The molecule has 0 saturated carbocycles. The van der Waals surface area contributed by atoms with Crippen molar-refractivity contribution >= 4 is 23.6 Å². The molecule has 0 atom stereocenters. The summed E-state index contributed by atoms with van der Waals surface area (Å²) in [6.45, 7) is 9.14. The van der Waals surface area contributed by atoms with Crippen molar-refractivity contribution in [3.63, 3.8) is 0 Å². The van der Waals surface area contributed by atoms with Gasteiger partial charge in [0, 0.05) is 48.4 Å². The Balaban J connectivity index is 1.39. The predicted molar refractivity (Wildman–Crippen MR) is 191 cm³/mol. The van der Waals surface area contributed by atoms with E-state index in [4.69, 9.17) is 0 Å². The van der Waals surface area contributed by atoms with Crippen LogP contribution in [0, 0.1) is 0 Å². The fraction of sp³-hybridized carbons (Fsp3) is 0.556. The molecule has 2 aromatic rings. The maximum atomic E-state index is 12.6. The molecule has 12 heteroatoms. The Hall–Kier alpha value is -3.84. The van der Waals surface area contributed by atoms with E-state index in [0.29, 0.717) is 48.4 Å². The summed E-state index contributed by atoms with van der Waals surface area (Å²) in [7, 11) is 0. The van der Waals surface area contributed by atoms with E-state index in [1.165, 1.54) is 0 Å². The molecule has 0 spiro atoms. The first kappa shape index (κ1) is 38.6. The van der Waals surface area contributed by atoms with Gasteiger partial charge in [0.05, 0.1) is 0 Å². The van der Waals surface area contributed by atoms with E-state index in [9.17, 15) is 19.2 Å². The lowest BCUT2D eigenvalue weighted by Crippen LogP contribution is -2.30. The van der Waals surface area contributed by atoms with Gasteiger partial charge in [-0.1, -0.05) is 12.1 Å². The summed E-state index contributed by atoms with van der Waals surface area (Å²) in [5, 5.41) is 25.4. The highest BCUT2D eigenvalue weighted by molar-refractivity contribution is 6.00. The number of benzene rings is 2. The zero-order chi connectivity index (χ0) is 34.1. The van der Waals surface area contributed by atoms with Gasteiger partial charge in [0.25, 0.3) is 23.6 Å². The van der Waals surface area contributed by atoms with Crippen LogP contribution in [-0.2, 0) is 0 Å². The molecular weight excluding hydrogens is 608 g/mol. The molecule has 0 aromatic heterocycles. The topological polar surface area (TPSA) is 165 Å². The summed E-state index contributed by atoms with van der Waals surface area (Å²) < 4.78 is 0. The molecule has 1 aliphatic rings. The lowest BCUT2D eigenvalue weighted by atomic mass is 10.1. The van der Waals surface area contributed by atoms with Crippen molar-refractivity contribution in [1.29, 1.82) is 0 Å². The molecule has 48 heavy (non-hydrogen) atoms. The van der Waals surface area contributed by atoms with Crippen LogP contribution in [0.1, 0.15) is 92.8 Å². The molecule has 3 rings (SSSR count). The van der Waals surface area contributed by atoms with Crippen molar-refractivity contribution in [3.8, 4) is 0 Å². The van der Waals surface area contributed by atoms with E-state index >= 15 is 0 Å². The van der Waals surface area contributed by atoms with Crippen LogP contribution >= 0.6 is 0 Å². The number of carbonyl (C=O) groups is 4. The monoisotopic (exact) mass is 664 g/mol. The molecule has 2 aromatic carbocycles. The van der Waals surface area contributed by atoms with Gasteiger partial charge in [-0.15, -0.1) is 0 Å². The number of hydrogen-bond donors (Lipinski definition) is 8. The van der Waals surface area contributed by atoms with Crippen molar-refractivity contribution < 1.29 is 19.2 Å². The molecule has 264 valence electrons. The van der Waals surface area contributed by atoms with Crippen molar-refractivity contribution in [3.05, 3.63) is 70.8 Å². The molecule has 0 saturated heterocycles. The zero-order valence-electron chi connectivity index (χ0n) is 28.4. The Morgan fingerprint density at radius 3 is 0.792 bits per heavy atom. The van der Waals surface area contributed by atoms with Crippen molar-refractivity contribution in [1.82, 2.24) is 42.5 Å². The second-order valence-electron chi connectivity index (χ2n) is 12.0. The molecule has 0 unspecified atom stereocenters. The SMILES string of the molecule is O=C1NCCCNCCCCNCCCNC(=O)c2cccc(c2)C(=O)NCCCNCCCCNCCCNC(=O)c2cccc1c2. The normalized spacial score (nSPS) is 19.3. The van der Waals surface area contributed by atoms with E-state index in [2.05, 4.69) is 42.5 Å². The molecular formula is C36H56N8O4. The first-order chi connectivity index (χ1) is 23.5. The van der Waals surface area contributed by atoms with Gasteiger partial charge >= 0.3 is 0 Å². The van der Waals surface area contributed by atoms with Gasteiger partial charge < -0.3 is 42.5 Å². The smallest absolute Gasteiger partial charge is 0.251 e. The quantitative estimate of drug-likeness (QED) is 0.211. The van der Waals surface area contributed by atoms with Gasteiger partial charge in [-0.05, 0) is 140 Å². The van der Waals surface area contributed by atoms with E-state index in [-0.39, 0.29) is 23.6 Å². The van der Waals surface area contributed by atoms with Crippen LogP contribution in [0.2, 0.25) is 0 Å². The van der Waals surface area contributed by atoms with E-state index in [1.54, 1.807) is 48.5 Å². The molecule has 12 nitrogen and oxygen atoms in total. The Labute approximate surface area is 285 Å². The van der Waals surface area contributed by atoms with Crippen LogP contribution in [0.4, 0.5) is 0 Å². The highest BCUT2D eigenvalue weighted by Crippen LogP contribution is 2.07. The molecule has 8 N–H and O–H groups in total. The Bertz CT molecular complexity index is 1080. The van der Waals surface area contributed by atoms with Crippen LogP contribution in [0.3, 0.4) is 0 Å². The zero-order valence-corrected chi connectivity index (χ0v) is 28.4. The van der Waals surface area contributed by atoms with E-state index < -0.39 is 0 Å². The van der Waals surface area contributed by atoms with Crippen molar-refractivity contribution in [2.24, 2.45) is 0 Å². The fourth-order valence-corrected chi connectivity index (χ4v) is 5.17. The summed E-state index contributed by atoms with van der Waals surface area (Å²) in [6, 6.07) is 13.7. The van der Waals surface area contributed by atoms with Crippen LogP contribution in [0.15, 0.2) is 48.5 Å². The van der Waals surface area contributed by atoms with E-state index in [0.717, 1.165) is 104 Å². The number of nitrogens with one attached hydrogen (secondary N) is 8. The Morgan fingerprint density at radius 2 is 0.542 bits per heavy atom. The Kier molecular flexibility index (Phi) is 19.6. The molecule has 4 amide bonds. The predicted octanol–water partition coefficient (Wildman–Crippen LogP) is 1.80. The van der Waals surface area contributed by atoms with Gasteiger partial charge in [0.1, 0.15) is 0 Å².